The van der Waals surface area contributed by atoms with Crippen LogP contribution < -0.4 is 10.2 Å². The second-order valence-corrected chi connectivity index (χ2v) is 9.20. The highest BCUT2D eigenvalue weighted by atomic mass is 32.1. The Kier molecular flexibility index (Phi) is 7.04. The highest BCUT2D eigenvalue weighted by Crippen LogP contribution is 2.29. The van der Waals surface area contributed by atoms with Gasteiger partial charge >= 0.3 is 6.09 Å². The van der Waals surface area contributed by atoms with Crippen molar-refractivity contribution in [1.82, 2.24) is 9.27 Å². The number of nitrogens with zero attached hydrogens (tertiary/aromatic N) is 3. The van der Waals surface area contributed by atoms with Gasteiger partial charge in [0.1, 0.15) is 5.82 Å². The molecule has 2 heterocycles. The fraction of sp³-hybridized carbons (Fsp3) is 0.417. The molecule has 0 unspecified atom stereocenters. The van der Waals surface area contributed by atoms with Crippen LogP contribution in [0.2, 0.25) is 0 Å². The Balaban J connectivity index is 1.22. The molecule has 1 saturated heterocycles. The molecule has 2 aromatic carbocycles. The summed E-state index contributed by atoms with van der Waals surface area (Å²) in [4.78, 5) is 16.7. The maximum atomic E-state index is 11.8. The van der Waals surface area contributed by atoms with E-state index in [9.17, 15) is 4.79 Å². The Morgan fingerprint density at radius 1 is 1.10 bits per heavy atom. The predicted molar refractivity (Wildman–Crippen MR) is 128 cm³/mol. The van der Waals surface area contributed by atoms with Gasteiger partial charge < -0.3 is 9.64 Å². The monoisotopic (exact) mass is 438 g/mol. The zero-order chi connectivity index (χ0) is 21.6. The zero-order valence-corrected chi connectivity index (χ0v) is 19.0. The van der Waals surface area contributed by atoms with E-state index in [2.05, 4.69) is 51.5 Å². The highest BCUT2D eigenvalue weighted by Gasteiger charge is 2.20. The molecule has 6 nitrogen and oxygen atoms in total. The van der Waals surface area contributed by atoms with Gasteiger partial charge in [0.25, 0.3) is 0 Å². The van der Waals surface area contributed by atoms with E-state index in [4.69, 9.17) is 9.11 Å². The number of carbonyl (C=O) groups is 1. The first kappa shape index (κ1) is 21.6. The van der Waals surface area contributed by atoms with Crippen LogP contribution in [0.4, 0.5) is 16.3 Å². The van der Waals surface area contributed by atoms with Gasteiger partial charge in [-0.3, -0.25) is 10.2 Å². The van der Waals surface area contributed by atoms with E-state index in [0.717, 1.165) is 50.6 Å². The van der Waals surface area contributed by atoms with Gasteiger partial charge in [-0.15, -0.1) is 0 Å². The van der Waals surface area contributed by atoms with Crippen molar-refractivity contribution < 1.29 is 9.53 Å². The maximum Gasteiger partial charge on any atom is 0.411 e. The van der Waals surface area contributed by atoms with Gasteiger partial charge in [-0.2, -0.15) is 4.37 Å². The summed E-state index contributed by atoms with van der Waals surface area (Å²) in [6, 6.07) is 16.5. The third kappa shape index (κ3) is 5.74. The average molecular weight is 439 g/mol. The molecule has 164 valence electrons. The Labute approximate surface area is 188 Å². The predicted octanol–water partition coefficient (Wildman–Crippen LogP) is 4.87. The molecular formula is C24H30N4O2S. The van der Waals surface area contributed by atoms with Crippen LogP contribution in [0, 0.1) is 5.92 Å². The van der Waals surface area contributed by atoms with E-state index in [-0.39, 0.29) is 0 Å². The number of carbonyl (C=O) groups excluding carboxylic acids is 1. The molecule has 0 saturated carbocycles. The summed E-state index contributed by atoms with van der Waals surface area (Å²) in [5.74, 6) is 1.46. The van der Waals surface area contributed by atoms with E-state index < -0.39 is 6.09 Å². The summed E-state index contributed by atoms with van der Waals surface area (Å²) < 4.78 is 11.1. The molecule has 1 N–H and O–H groups in total. The van der Waals surface area contributed by atoms with Crippen molar-refractivity contribution in [2.45, 2.75) is 20.3 Å². The van der Waals surface area contributed by atoms with Gasteiger partial charge in [0.2, 0.25) is 0 Å². The number of hydrogen-bond acceptors (Lipinski definition) is 6. The summed E-state index contributed by atoms with van der Waals surface area (Å²) in [6.45, 7) is 9.61. The lowest BCUT2D eigenvalue weighted by Crippen LogP contribution is -2.47. The van der Waals surface area contributed by atoms with Gasteiger partial charge in [0, 0.05) is 43.8 Å². The molecule has 0 atom stereocenters. The fourth-order valence-corrected chi connectivity index (χ4v) is 4.52. The van der Waals surface area contributed by atoms with E-state index >= 15 is 0 Å². The third-order valence-electron chi connectivity index (χ3n) is 5.50. The fourth-order valence-electron chi connectivity index (χ4n) is 3.72. The normalized spacial score (nSPS) is 14.9. The van der Waals surface area contributed by atoms with Crippen LogP contribution in [-0.2, 0) is 11.2 Å². The zero-order valence-electron chi connectivity index (χ0n) is 18.2. The summed E-state index contributed by atoms with van der Waals surface area (Å²) in [5, 5.41) is 4.05. The first-order valence-electron chi connectivity index (χ1n) is 10.9. The second kappa shape index (κ2) is 10.1. The molecular weight excluding hydrogens is 408 g/mol. The molecule has 31 heavy (non-hydrogen) atoms. The molecule has 1 amide bonds. The number of benzene rings is 2. The Morgan fingerprint density at radius 2 is 1.84 bits per heavy atom. The molecule has 4 rings (SSSR count). The van der Waals surface area contributed by atoms with Crippen LogP contribution in [0.25, 0.3) is 10.1 Å². The minimum absolute atomic E-state index is 0.329. The number of hydrogen-bond donors (Lipinski definition) is 1. The Bertz CT molecular complexity index is 994. The number of aromatic nitrogens is 1. The Morgan fingerprint density at radius 3 is 2.58 bits per heavy atom. The quantitative estimate of drug-likeness (QED) is 0.571. The Hall–Kier alpha value is -2.64. The topological polar surface area (TPSA) is 57.7 Å². The number of fused-ring (bicyclic) bond motifs is 1. The second-order valence-electron chi connectivity index (χ2n) is 8.40. The average Bonchev–Trinajstić information content (AvgIpc) is 3.22. The minimum Gasteiger partial charge on any atom is -0.449 e. The number of nitrogens with one attached hydrogen (secondary N) is 1. The van der Waals surface area contributed by atoms with Crippen LogP contribution in [0.3, 0.4) is 0 Å². The standard InChI is InChI=1S/C24H30N4O2S/c1-18(2)17-30-24(29)25-20-9-7-19(8-10-20)11-12-27-13-15-28(16-14-27)23-21-5-3-4-6-22(21)31-26-23/h3-10,18H,11-17H2,1-2H3,(H,25,29). The van der Waals surface area contributed by atoms with Gasteiger partial charge in [-0.1, -0.05) is 38.1 Å². The van der Waals surface area contributed by atoms with Crippen molar-refractivity contribution in [2.24, 2.45) is 5.92 Å². The minimum atomic E-state index is -0.396. The molecule has 0 bridgehead atoms. The molecule has 1 fully saturated rings. The van der Waals surface area contributed by atoms with Gasteiger partial charge in [0.05, 0.1) is 11.3 Å². The van der Waals surface area contributed by atoms with Gasteiger partial charge in [-0.25, -0.2) is 4.79 Å². The van der Waals surface area contributed by atoms with Crippen LogP contribution >= 0.6 is 11.5 Å². The number of ether oxygens (including phenoxy) is 1. The van der Waals surface area contributed by atoms with Crippen molar-refractivity contribution in [2.75, 3.05) is 49.5 Å². The lowest BCUT2D eigenvalue weighted by Gasteiger charge is -2.35. The van der Waals surface area contributed by atoms with Crippen molar-refractivity contribution in [3.8, 4) is 0 Å². The molecule has 1 aliphatic rings. The molecule has 1 aliphatic heterocycles. The lowest BCUT2D eigenvalue weighted by molar-refractivity contribution is 0.147. The van der Waals surface area contributed by atoms with Gasteiger partial charge in [-0.05, 0) is 53.7 Å². The summed E-state index contributed by atoms with van der Waals surface area (Å²) in [7, 11) is 0. The summed E-state index contributed by atoms with van der Waals surface area (Å²) >= 11 is 1.59. The van der Waals surface area contributed by atoms with Crippen molar-refractivity contribution >= 4 is 39.2 Å². The van der Waals surface area contributed by atoms with Crippen LogP contribution in [-0.4, -0.2) is 54.7 Å². The molecule has 0 radical (unpaired) electrons. The summed E-state index contributed by atoms with van der Waals surface area (Å²) in [6.07, 6.45) is 0.602. The van der Waals surface area contributed by atoms with E-state index in [1.807, 2.05) is 26.0 Å². The van der Waals surface area contributed by atoms with Gasteiger partial charge in [0.15, 0.2) is 0 Å². The molecule has 0 spiro atoms. The first-order valence-corrected chi connectivity index (χ1v) is 11.7. The van der Waals surface area contributed by atoms with E-state index in [1.54, 1.807) is 11.5 Å². The third-order valence-corrected chi connectivity index (χ3v) is 6.31. The highest BCUT2D eigenvalue weighted by molar-refractivity contribution is 7.13. The smallest absolute Gasteiger partial charge is 0.411 e. The van der Waals surface area contributed by atoms with Crippen LogP contribution in [0.5, 0.6) is 0 Å². The first-order chi connectivity index (χ1) is 15.1. The summed E-state index contributed by atoms with van der Waals surface area (Å²) in [5.41, 5.74) is 2.04. The molecule has 1 aromatic heterocycles. The van der Waals surface area contributed by atoms with Crippen molar-refractivity contribution in [1.29, 1.82) is 0 Å². The molecule has 3 aromatic rings. The van der Waals surface area contributed by atoms with Crippen LogP contribution in [0.15, 0.2) is 48.5 Å². The lowest BCUT2D eigenvalue weighted by atomic mass is 10.1. The molecule has 0 aliphatic carbocycles. The van der Waals surface area contributed by atoms with Crippen molar-refractivity contribution in [3.05, 3.63) is 54.1 Å². The molecule has 7 heteroatoms. The van der Waals surface area contributed by atoms with E-state index in [1.165, 1.54) is 15.6 Å². The number of anilines is 2. The van der Waals surface area contributed by atoms with Crippen LogP contribution in [0.1, 0.15) is 19.4 Å². The SMILES string of the molecule is CC(C)COC(=O)Nc1ccc(CCN2CCN(c3nsc4ccccc34)CC2)cc1. The maximum absolute atomic E-state index is 11.8. The number of rotatable bonds is 7. The van der Waals surface area contributed by atoms with Crippen molar-refractivity contribution in [3.63, 3.8) is 0 Å². The largest absolute Gasteiger partial charge is 0.449 e. The number of piperazine rings is 1. The number of amides is 1. The van der Waals surface area contributed by atoms with E-state index in [0.29, 0.717) is 12.5 Å².